The molecule has 0 saturated carbocycles. The van der Waals surface area contributed by atoms with Crippen LogP contribution in [0, 0.1) is 0 Å². The minimum atomic E-state index is -0.492. The van der Waals surface area contributed by atoms with Gasteiger partial charge in [-0.1, -0.05) is 42.5 Å². The zero-order valence-electron chi connectivity index (χ0n) is 13.9. The van der Waals surface area contributed by atoms with E-state index < -0.39 is 6.09 Å². The van der Waals surface area contributed by atoms with Crippen LogP contribution in [0.4, 0.5) is 4.79 Å². The van der Waals surface area contributed by atoms with Crippen LogP contribution >= 0.6 is 11.3 Å². The van der Waals surface area contributed by atoms with Gasteiger partial charge in [0, 0.05) is 5.57 Å². The largest absolute Gasteiger partial charge is 0.445 e. The first-order valence-corrected chi connectivity index (χ1v) is 9.06. The van der Waals surface area contributed by atoms with E-state index in [1.54, 1.807) is 6.08 Å². The molecule has 0 spiro atoms. The van der Waals surface area contributed by atoms with Gasteiger partial charge in [-0.2, -0.15) is 0 Å². The van der Waals surface area contributed by atoms with Gasteiger partial charge in [0.05, 0.1) is 23.3 Å². The molecule has 2 heterocycles. The fraction of sp³-hybridized carbons (Fsp3) is 0.150. The molecule has 0 radical (unpaired) electrons. The van der Waals surface area contributed by atoms with Crippen molar-refractivity contribution in [2.24, 2.45) is 0 Å². The highest BCUT2D eigenvalue weighted by Gasteiger charge is 2.26. The van der Waals surface area contributed by atoms with Crippen molar-refractivity contribution in [2.75, 3.05) is 13.1 Å². The lowest BCUT2D eigenvalue weighted by Gasteiger charge is -2.25. The summed E-state index contributed by atoms with van der Waals surface area (Å²) in [6.45, 7) is 0.533. The Bertz CT molecular complexity index is 961. The Labute approximate surface area is 154 Å². The van der Waals surface area contributed by atoms with Gasteiger partial charge in [0.1, 0.15) is 11.6 Å². The number of rotatable bonds is 3. The van der Waals surface area contributed by atoms with Gasteiger partial charge in [-0.3, -0.25) is 9.69 Å². The number of para-hydroxylation sites is 1. The van der Waals surface area contributed by atoms with Crippen molar-refractivity contribution < 1.29 is 14.3 Å². The number of aromatic nitrogens is 1. The van der Waals surface area contributed by atoms with Crippen LogP contribution in [0.1, 0.15) is 10.6 Å². The minimum absolute atomic E-state index is 0.0298. The number of fused-ring (bicyclic) bond motifs is 1. The normalized spacial score (nSPS) is 14.4. The van der Waals surface area contributed by atoms with Gasteiger partial charge in [0.15, 0.2) is 5.78 Å². The van der Waals surface area contributed by atoms with Gasteiger partial charge in [-0.15, -0.1) is 11.3 Å². The number of benzene rings is 2. The molecule has 6 heteroatoms. The van der Waals surface area contributed by atoms with Gasteiger partial charge in [-0.05, 0) is 23.8 Å². The van der Waals surface area contributed by atoms with Gasteiger partial charge >= 0.3 is 6.09 Å². The van der Waals surface area contributed by atoms with E-state index >= 15 is 0 Å². The molecule has 2 aromatic carbocycles. The number of carbonyl (C=O) groups excluding carboxylic acids is 2. The molecule has 1 amide bonds. The van der Waals surface area contributed by atoms with Gasteiger partial charge in [0.2, 0.25) is 0 Å². The third kappa shape index (κ3) is 3.50. The van der Waals surface area contributed by atoms with E-state index in [1.165, 1.54) is 16.2 Å². The van der Waals surface area contributed by atoms with E-state index in [2.05, 4.69) is 4.98 Å². The van der Waals surface area contributed by atoms with Crippen LogP contribution in [-0.2, 0) is 16.1 Å². The van der Waals surface area contributed by atoms with E-state index in [4.69, 9.17) is 4.74 Å². The summed E-state index contributed by atoms with van der Waals surface area (Å²) in [5, 5.41) is 0.764. The fourth-order valence-corrected chi connectivity index (χ4v) is 3.79. The van der Waals surface area contributed by atoms with Crippen LogP contribution in [0.15, 0.2) is 60.7 Å². The quantitative estimate of drug-likeness (QED) is 0.707. The predicted molar refractivity (Wildman–Crippen MR) is 101 cm³/mol. The Morgan fingerprint density at radius 2 is 1.85 bits per heavy atom. The number of amides is 1. The minimum Gasteiger partial charge on any atom is -0.445 e. The van der Waals surface area contributed by atoms with Crippen LogP contribution in [0.25, 0.3) is 15.8 Å². The van der Waals surface area contributed by atoms with Crippen molar-refractivity contribution in [1.29, 1.82) is 0 Å². The number of nitrogens with zero attached hydrogens (tertiary/aromatic N) is 2. The maximum Gasteiger partial charge on any atom is 0.410 e. The first-order chi connectivity index (χ1) is 12.7. The molecule has 0 atom stereocenters. The third-order valence-electron chi connectivity index (χ3n) is 4.08. The van der Waals surface area contributed by atoms with Crippen molar-refractivity contribution in [2.45, 2.75) is 6.61 Å². The molecule has 0 N–H and O–H groups in total. The number of thiazole rings is 1. The zero-order chi connectivity index (χ0) is 17.9. The summed E-state index contributed by atoms with van der Waals surface area (Å²) < 4.78 is 6.40. The lowest BCUT2D eigenvalue weighted by molar-refractivity contribution is -0.115. The van der Waals surface area contributed by atoms with Crippen molar-refractivity contribution in [3.8, 4) is 0 Å². The Hall–Kier alpha value is -2.99. The smallest absolute Gasteiger partial charge is 0.410 e. The summed E-state index contributed by atoms with van der Waals surface area (Å²) in [6, 6.07) is 17.3. The van der Waals surface area contributed by atoms with Gasteiger partial charge in [0.25, 0.3) is 0 Å². The molecule has 4 rings (SSSR count). The number of hydrogen-bond acceptors (Lipinski definition) is 5. The number of ketones is 1. The average molecular weight is 364 g/mol. The molecular formula is C20H16N2O3S. The second-order valence-corrected chi connectivity index (χ2v) is 7.05. The van der Waals surface area contributed by atoms with Crippen molar-refractivity contribution in [1.82, 2.24) is 9.88 Å². The van der Waals surface area contributed by atoms with E-state index in [0.717, 1.165) is 26.4 Å². The fourth-order valence-electron chi connectivity index (χ4n) is 2.81. The summed E-state index contributed by atoms with van der Waals surface area (Å²) in [4.78, 5) is 30.5. The maximum absolute atomic E-state index is 12.4. The third-order valence-corrected chi connectivity index (χ3v) is 5.19. The number of ether oxygens (including phenoxy) is 1. The standard InChI is InChI=1S/C20H16N2O3S/c23-16-10-15(19-21-17-8-4-5-9-18(17)26-19)11-22(12-16)20(24)25-13-14-6-2-1-3-7-14/h1-10H,11-13H2. The summed E-state index contributed by atoms with van der Waals surface area (Å²) in [7, 11) is 0. The molecule has 1 aromatic heterocycles. The highest BCUT2D eigenvalue weighted by molar-refractivity contribution is 7.19. The Kier molecular flexibility index (Phi) is 4.50. The summed E-state index contributed by atoms with van der Waals surface area (Å²) >= 11 is 1.52. The van der Waals surface area contributed by atoms with E-state index in [-0.39, 0.29) is 18.9 Å². The number of carbonyl (C=O) groups is 2. The van der Waals surface area contributed by atoms with Gasteiger partial charge in [-0.25, -0.2) is 9.78 Å². The van der Waals surface area contributed by atoms with Crippen LogP contribution in [0.5, 0.6) is 0 Å². The van der Waals surface area contributed by atoms with Gasteiger partial charge < -0.3 is 4.74 Å². The molecule has 1 aliphatic rings. The van der Waals surface area contributed by atoms with E-state index in [9.17, 15) is 9.59 Å². The van der Waals surface area contributed by atoms with E-state index in [0.29, 0.717) is 6.54 Å². The molecular weight excluding hydrogens is 348 g/mol. The first kappa shape index (κ1) is 16.5. The van der Waals surface area contributed by atoms with Crippen LogP contribution in [-0.4, -0.2) is 34.8 Å². The molecule has 0 aliphatic carbocycles. The second kappa shape index (κ2) is 7.09. The van der Waals surface area contributed by atoms with Crippen molar-refractivity contribution >= 4 is 39.0 Å². The molecule has 1 aliphatic heterocycles. The molecule has 130 valence electrons. The molecule has 3 aromatic rings. The molecule has 0 bridgehead atoms. The predicted octanol–water partition coefficient (Wildman–Crippen LogP) is 3.90. The summed E-state index contributed by atoms with van der Waals surface area (Å²) in [5.74, 6) is -0.123. The Morgan fingerprint density at radius 1 is 1.08 bits per heavy atom. The molecule has 5 nitrogen and oxygen atoms in total. The van der Waals surface area contributed by atoms with Crippen LogP contribution in [0.2, 0.25) is 0 Å². The second-order valence-electron chi connectivity index (χ2n) is 6.02. The molecule has 0 unspecified atom stereocenters. The Balaban J connectivity index is 1.48. The van der Waals surface area contributed by atoms with Crippen molar-refractivity contribution in [3.63, 3.8) is 0 Å². The van der Waals surface area contributed by atoms with E-state index in [1.807, 2.05) is 54.6 Å². The summed E-state index contributed by atoms with van der Waals surface area (Å²) in [6.07, 6.45) is 1.09. The molecule has 0 fully saturated rings. The first-order valence-electron chi connectivity index (χ1n) is 8.24. The lowest BCUT2D eigenvalue weighted by Crippen LogP contribution is -2.39. The molecule has 0 saturated heterocycles. The SMILES string of the molecule is O=C1C=C(c2nc3ccccc3s2)CN(C(=O)OCc2ccccc2)C1. The Morgan fingerprint density at radius 3 is 2.65 bits per heavy atom. The topological polar surface area (TPSA) is 59.5 Å². The summed E-state index contributed by atoms with van der Waals surface area (Å²) in [5.41, 5.74) is 2.55. The highest BCUT2D eigenvalue weighted by Crippen LogP contribution is 2.29. The lowest BCUT2D eigenvalue weighted by atomic mass is 10.1. The van der Waals surface area contributed by atoms with Crippen LogP contribution in [0.3, 0.4) is 0 Å². The van der Waals surface area contributed by atoms with Crippen molar-refractivity contribution in [3.05, 3.63) is 71.2 Å². The monoisotopic (exact) mass is 364 g/mol. The number of hydrogen-bond donors (Lipinski definition) is 0. The highest BCUT2D eigenvalue weighted by atomic mass is 32.1. The zero-order valence-corrected chi connectivity index (χ0v) is 14.7. The van der Waals surface area contributed by atoms with Crippen LogP contribution < -0.4 is 0 Å². The molecule has 26 heavy (non-hydrogen) atoms. The average Bonchev–Trinajstić information content (AvgIpc) is 3.11. The maximum atomic E-state index is 12.4.